The van der Waals surface area contributed by atoms with Crippen LogP contribution in [0.15, 0.2) is 12.2 Å². The Morgan fingerprint density at radius 3 is 2.53 bits per heavy atom. The Morgan fingerprint density at radius 2 is 1.95 bits per heavy atom. The number of rotatable bonds is 11. The Morgan fingerprint density at radius 1 is 1.26 bits per heavy atom. The maximum atomic E-state index is 11.5. The predicted octanol–water partition coefficient (Wildman–Crippen LogP) is 4.66. The van der Waals surface area contributed by atoms with E-state index >= 15 is 0 Å². The van der Waals surface area contributed by atoms with Crippen LogP contribution < -0.4 is 0 Å². The fourth-order valence-electron chi connectivity index (χ4n) is 2.07. The van der Waals surface area contributed by atoms with E-state index in [1.54, 1.807) is 6.08 Å². The highest BCUT2D eigenvalue weighted by atomic mass is 16.3. The maximum Gasteiger partial charge on any atom is 0.155 e. The molecule has 0 spiro atoms. The molecule has 0 saturated carbocycles. The van der Waals surface area contributed by atoms with Gasteiger partial charge in [-0.05, 0) is 45.1 Å². The number of carbonyl (C=O) groups is 1. The molecule has 0 aliphatic rings. The van der Waals surface area contributed by atoms with Gasteiger partial charge in [-0.2, -0.15) is 0 Å². The van der Waals surface area contributed by atoms with Gasteiger partial charge in [-0.1, -0.05) is 45.6 Å². The molecule has 0 radical (unpaired) electrons. The van der Waals surface area contributed by atoms with Crippen LogP contribution in [-0.2, 0) is 4.79 Å². The van der Waals surface area contributed by atoms with Crippen LogP contribution >= 0.6 is 0 Å². The van der Waals surface area contributed by atoms with E-state index in [0.29, 0.717) is 12.3 Å². The van der Waals surface area contributed by atoms with E-state index in [-0.39, 0.29) is 5.78 Å². The first-order valence-electron chi connectivity index (χ1n) is 7.77. The highest BCUT2D eigenvalue weighted by Gasteiger charge is 2.12. The summed E-state index contributed by atoms with van der Waals surface area (Å²) in [6.45, 7) is 8.06. The molecule has 0 aromatic heterocycles. The maximum absolute atomic E-state index is 11.5. The summed E-state index contributed by atoms with van der Waals surface area (Å²) in [5.41, 5.74) is -0.551. The van der Waals surface area contributed by atoms with Gasteiger partial charge in [0.05, 0.1) is 5.60 Å². The van der Waals surface area contributed by atoms with E-state index in [1.165, 1.54) is 0 Å². The molecule has 112 valence electrons. The monoisotopic (exact) mass is 268 g/mol. The minimum Gasteiger partial charge on any atom is -0.390 e. The lowest BCUT2D eigenvalue weighted by molar-refractivity contribution is -0.114. The van der Waals surface area contributed by atoms with Crippen LogP contribution in [0.2, 0.25) is 0 Å². The first-order valence-corrected chi connectivity index (χ1v) is 7.77. The first-order chi connectivity index (χ1) is 8.85. The molecule has 0 heterocycles. The Kier molecular flexibility index (Phi) is 9.85. The summed E-state index contributed by atoms with van der Waals surface area (Å²) in [5, 5.41) is 9.62. The quantitative estimate of drug-likeness (QED) is 0.437. The molecule has 0 amide bonds. The lowest BCUT2D eigenvalue weighted by atomic mass is 9.95. The van der Waals surface area contributed by atoms with Crippen LogP contribution in [0, 0.1) is 5.92 Å². The Balaban J connectivity index is 3.65. The minimum atomic E-state index is -0.551. The van der Waals surface area contributed by atoms with Crippen molar-refractivity contribution in [3.63, 3.8) is 0 Å². The largest absolute Gasteiger partial charge is 0.390 e. The topological polar surface area (TPSA) is 37.3 Å². The van der Waals surface area contributed by atoms with Crippen molar-refractivity contribution in [2.45, 2.75) is 84.7 Å². The molecule has 0 aromatic rings. The molecule has 0 bridgehead atoms. The van der Waals surface area contributed by atoms with Gasteiger partial charge < -0.3 is 5.11 Å². The third kappa shape index (κ3) is 13.6. The van der Waals surface area contributed by atoms with Gasteiger partial charge >= 0.3 is 0 Å². The van der Waals surface area contributed by atoms with Crippen molar-refractivity contribution in [2.75, 3.05) is 0 Å². The normalized spacial score (nSPS) is 13.9. The summed E-state index contributed by atoms with van der Waals surface area (Å²) in [6.07, 6.45) is 11.7. The molecular weight excluding hydrogens is 236 g/mol. The zero-order valence-corrected chi connectivity index (χ0v) is 13.2. The zero-order chi connectivity index (χ0) is 14.7. The summed E-state index contributed by atoms with van der Waals surface area (Å²) in [4.78, 5) is 11.5. The van der Waals surface area contributed by atoms with Crippen LogP contribution in [0.25, 0.3) is 0 Å². The summed E-state index contributed by atoms with van der Waals surface area (Å²) >= 11 is 0. The van der Waals surface area contributed by atoms with Crippen molar-refractivity contribution in [2.24, 2.45) is 5.92 Å². The molecular formula is C17H32O2. The summed E-state index contributed by atoms with van der Waals surface area (Å²) in [7, 11) is 0. The average molecular weight is 268 g/mol. The number of hydrogen-bond acceptors (Lipinski definition) is 2. The molecule has 0 unspecified atom stereocenters. The van der Waals surface area contributed by atoms with E-state index in [0.717, 1.165) is 44.9 Å². The van der Waals surface area contributed by atoms with Gasteiger partial charge in [0.1, 0.15) is 0 Å². The van der Waals surface area contributed by atoms with Gasteiger partial charge in [-0.3, -0.25) is 4.79 Å². The van der Waals surface area contributed by atoms with Crippen molar-refractivity contribution in [1.82, 2.24) is 0 Å². The number of unbranched alkanes of at least 4 members (excludes halogenated alkanes) is 2. The van der Waals surface area contributed by atoms with Crippen molar-refractivity contribution < 1.29 is 9.90 Å². The number of hydrogen-bond donors (Lipinski definition) is 1. The second-order valence-electron chi connectivity index (χ2n) is 6.37. The molecule has 0 rings (SSSR count). The van der Waals surface area contributed by atoms with Gasteiger partial charge in [0.15, 0.2) is 5.78 Å². The van der Waals surface area contributed by atoms with Gasteiger partial charge in [0.25, 0.3) is 0 Å². The SMILES string of the molecule is CCCCCC(=O)C=CC[C@H](C)CCCC(C)(C)O. The summed E-state index contributed by atoms with van der Waals surface area (Å²) in [6, 6.07) is 0. The zero-order valence-electron chi connectivity index (χ0n) is 13.2. The highest BCUT2D eigenvalue weighted by molar-refractivity contribution is 5.89. The van der Waals surface area contributed by atoms with Crippen LogP contribution in [0.3, 0.4) is 0 Å². The molecule has 19 heavy (non-hydrogen) atoms. The van der Waals surface area contributed by atoms with Gasteiger partial charge in [0, 0.05) is 6.42 Å². The lowest BCUT2D eigenvalue weighted by Gasteiger charge is -2.17. The molecule has 0 aliphatic carbocycles. The third-order valence-electron chi connectivity index (χ3n) is 3.35. The number of aliphatic hydroxyl groups is 1. The van der Waals surface area contributed by atoms with Gasteiger partial charge in [-0.15, -0.1) is 0 Å². The standard InChI is InChI=1S/C17H32O2/c1-5-6-7-12-16(18)13-8-10-15(2)11-9-14-17(3,4)19/h8,13,15,19H,5-7,9-12,14H2,1-4H3/t15-/m0/s1. The number of ketones is 1. The molecule has 0 aromatic carbocycles. The first kappa shape index (κ1) is 18.4. The van der Waals surface area contributed by atoms with E-state index in [1.807, 2.05) is 19.9 Å². The fraction of sp³-hybridized carbons (Fsp3) is 0.824. The van der Waals surface area contributed by atoms with Crippen molar-refractivity contribution >= 4 is 5.78 Å². The Labute approximate surface area is 119 Å². The number of allylic oxidation sites excluding steroid dienone is 2. The van der Waals surface area contributed by atoms with Crippen LogP contribution in [0.5, 0.6) is 0 Å². The molecule has 0 saturated heterocycles. The van der Waals surface area contributed by atoms with E-state index in [9.17, 15) is 9.90 Å². The van der Waals surface area contributed by atoms with E-state index < -0.39 is 5.60 Å². The van der Waals surface area contributed by atoms with Crippen molar-refractivity contribution in [3.05, 3.63) is 12.2 Å². The Hall–Kier alpha value is -0.630. The molecule has 2 heteroatoms. The fourth-order valence-corrected chi connectivity index (χ4v) is 2.07. The second-order valence-corrected chi connectivity index (χ2v) is 6.37. The molecule has 1 N–H and O–H groups in total. The third-order valence-corrected chi connectivity index (χ3v) is 3.35. The van der Waals surface area contributed by atoms with E-state index in [4.69, 9.17) is 0 Å². The van der Waals surface area contributed by atoms with Crippen LogP contribution in [-0.4, -0.2) is 16.5 Å². The van der Waals surface area contributed by atoms with Crippen molar-refractivity contribution in [1.29, 1.82) is 0 Å². The van der Waals surface area contributed by atoms with Gasteiger partial charge in [0.2, 0.25) is 0 Å². The van der Waals surface area contributed by atoms with E-state index in [2.05, 4.69) is 13.8 Å². The molecule has 1 atom stereocenters. The predicted molar refractivity (Wildman–Crippen MR) is 82.2 cm³/mol. The second kappa shape index (κ2) is 10.2. The van der Waals surface area contributed by atoms with Crippen molar-refractivity contribution in [3.8, 4) is 0 Å². The van der Waals surface area contributed by atoms with Crippen LogP contribution in [0.1, 0.15) is 79.1 Å². The minimum absolute atomic E-state index is 0.261. The summed E-state index contributed by atoms with van der Waals surface area (Å²) in [5.74, 6) is 0.846. The number of carbonyl (C=O) groups excluding carboxylic acids is 1. The Bertz CT molecular complexity index is 261. The average Bonchev–Trinajstić information content (AvgIpc) is 2.27. The molecule has 0 aliphatic heterocycles. The highest BCUT2D eigenvalue weighted by Crippen LogP contribution is 2.18. The molecule has 2 nitrogen and oxygen atoms in total. The summed E-state index contributed by atoms with van der Waals surface area (Å²) < 4.78 is 0. The van der Waals surface area contributed by atoms with Gasteiger partial charge in [-0.25, -0.2) is 0 Å². The van der Waals surface area contributed by atoms with Crippen LogP contribution in [0.4, 0.5) is 0 Å². The smallest absolute Gasteiger partial charge is 0.155 e. The molecule has 0 fully saturated rings. The lowest BCUT2D eigenvalue weighted by Crippen LogP contribution is -2.18.